The third-order valence-electron chi connectivity index (χ3n) is 3.17. The summed E-state index contributed by atoms with van der Waals surface area (Å²) in [6.45, 7) is 11.9. The van der Waals surface area contributed by atoms with E-state index in [0.29, 0.717) is 5.57 Å². The van der Waals surface area contributed by atoms with E-state index in [1.807, 2.05) is 37.3 Å². The van der Waals surface area contributed by atoms with Gasteiger partial charge >= 0.3 is 0 Å². The van der Waals surface area contributed by atoms with E-state index in [0.717, 1.165) is 17.8 Å². The zero-order valence-corrected chi connectivity index (χ0v) is 14.3. The van der Waals surface area contributed by atoms with Crippen molar-refractivity contribution in [3.63, 3.8) is 0 Å². The maximum absolute atomic E-state index is 11.9. The van der Waals surface area contributed by atoms with Crippen molar-refractivity contribution in [2.24, 2.45) is 0 Å². The molecule has 0 heterocycles. The Labute approximate surface area is 123 Å². The quantitative estimate of drug-likeness (QED) is 0.502. The molecule has 0 atom stereocenters. The molecule has 1 aromatic rings. The molecule has 104 valence electrons. The molecule has 0 unspecified atom stereocenters. The van der Waals surface area contributed by atoms with Crippen LogP contribution in [0.4, 0.5) is 0 Å². The normalized spacial score (nSPS) is 12.9. The topological polar surface area (TPSA) is 20.3 Å². The number of hydrogen-bond donors (Lipinski definition) is 1. The van der Waals surface area contributed by atoms with Crippen LogP contribution in [0.2, 0.25) is 19.6 Å². The van der Waals surface area contributed by atoms with Crippen LogP contribution in [0.5, 0.6) is 0 Å². The van der Waals surface area contributed by atoms with Gasteiger partial charge in [-0.3, -0.25) is 4.79 Å². The highest BCUT2D eigenvalue weighted by molar-refractivity contribution is 7.98. The van der Waals surface area contributed by atoms with Gasteiger partial charge in [-0.15, -0.1) is 12.6 Å². The molecule has 0 saturated carbocycles. The Morgan fingerprint density at radius 3 is 2.11 bits per heavy atom. The third-order valence-corrected chi connectivity index (χ3v) is 5.66. The van der Waals surface area contributed by atoms with Gasteiger partial charge in [0, 0.05) is 12.2 Å². The Bertz CT molecular complexity index is 477. The summed E-state index contributed by atoms with van der Waals surface area (Å²) < 4.78 is 2.36. The molecule has 4 heteroatoms. The molecular formula is C15H23NOSSi. The number of thiol groups is 1. The van der Waals surface area contributed by atoms with Gasteiger partial charge in [-0.05, 0) is 19.4 Å². The number of carbonyl (C=O) groups is 1. The minimum atomic E-state index is -1.50. The van der Waals surface area contributed by atoms with Crippen LogP contribution in [0, 0.1) is 0 Å². The highest BCUT2D eigenvalue weighted by Gasteiger charge is 2.26. The molecule has 2 nitrogen and oxygen atoms in total. The summed E-state index contributed by atoms with van der Waals surface area (Å²) in [5.74, 6) is 0. The molecule has 0 aliphatic heterocycles. The van der Waals surface area contributed by atoms with E-state index in [2.05, 4.69) is 43.8 Å². The molecule has 0 bridgehead atoms. The van der Waals surface area contributed by atoms with Crippen molar-refractivity contribution in [1.82, 2.24) is 4.57 Å². The van der Waals surface area contributed by atoms with Crippen LogP contribution in [-0.2, 0) is 4.79 Å². The summed E-state index contributed by atoms with van der Waals surface area (Å²) in [6.07, 6.45) is 0. The average molecular weight is 294 g/mol. The zero-order valence-electron chi connectivity index (χ0n) is 12.4. The van der Waals surface area contributed by atoms with Gasteiger partial charge in [-0.25, -0.2) is 0 Å². The predicted molar refractivity (Wildman–Crippen MR) is 88.8 cm³/mol. The van der Waals surface area contributed by atoms with Crippen molar-refractivity contribution in [3.8, 4) is 0 Å². The van der Waals surface area contributed by atoms with Gasteiger partial charge in [0.15, 0.2) is 0 Å². The van der Waals surface area contributed by atoms with E-state index in [9.17, 15) is 4.79 Å². The number of carbonyl (C=O) groups excluding carboxylic acids is 1. The van der Waals surface area contributed by atoms with Crippen molar-refractivity contribution in [1.29, 1.82) is 0 Å². The Morgan fingerprint density at radius 2 is 1.74 bits per heavy atom. The zero-order chi connectivity index (χ0) is 14.6. The summed E-state index contributed by atoms with van der Waals surface area (Å²) in [5.41, 5.74) is 2.69. The predicted octanol–water partition coefficient (Wildman–Crippen LogP) is 4.03. The largest absolute Gasteiger partial charge is 0.401 e. The van der Waals surface area contributed by atoms with Gasteiger partial charge in [0.25, 0.3) is 0 Å². The molecule has 0 aromatic heterocycles. The van der Waals surface area contributed by atoms with Crippen LogP contribution in [0.25, 0.3) is 5.57 Å². The molecule has 0 saturated heterocycles. The van der Waals surface area contributed by atoms with Crippen molar-refractivity contribution >= 4 is 31.6 Å². The molecule has 1 rings (SSSR count). The number of benzene rings is 1. The van der Waals surface area contributed by atoms with Gasteiger partial charge in [-0.1, -0.05) is 50.0 Å². The molecular weight excluding hydrogens is 270 g/mol. The lowest BCUT2D eigenvalue weighted by molar-refractivity contribution is -0.106. The van der Waals surface area contributed by atoms with E-state index in [1.165, 1.54) is 0 Å². The first kappa shape index (κ1) is 16.1. The Balaban J connectivity index is 3.38. The van der Waals surface area contributed by atoms with Crippen molar-refractivity contribution < 1.29 is 4.79 Å². The number of hydrogen-bond acceptors (Lipinski definition) is 2. The lowest BCUT2D eigenvalue weighted by Crippen LogP contribution is -2.45. The molecule has 1 aromatic carbocycles. The Morgan fingerprint density at radius 1 is 1.21 bits per heavy atom. The molecule has 19 heavy (non-hydrogen) atoms. The van der Waals surface area contributed by atoms with Gasteiger partial charge in [0.2, 0.25) is 5.12 Å². The van der Waals surface area contributed by atoms with Crippen molar-refractivity contribution in [2.75, 3.05) is 6.54 Å². The highest BCUT2D eigenvalue weighted by Crippen LogP contribution is 2.26. The first-order chi connectivity index (χ1) is 8.79. The molecule has 0 radical (unpaired) electrons. The van der Waals surface area contributed by atoms with Crippen LogP contribution < -0.4 is 0 Å². The molecule has 0 aliphatic carbocycles. The van der Waals surface area contributed by atoms with Gasteiger partial charge in [-0.2, -0.15) is 0 Å². The van der Waals surface area contributed by atoms with E-state index >= 15 is 0 Å². The summed E-state index contributed by atoms with van der Waals surface area (Å²) in [5, 5.41) is -0.166. The molecule has 0 amide bonds. The third kappa shape index (κ3) is 3.98. The smallest absolute Gasteiger partial charge is 0.218 e. The summed E-state index contributed by atoms with van der Waals surface area (Å²) >= 11 is 4.06. The number of nitrogens with zero attached hydrogens (tertiary/aromatic N) is 1. The monoisotopic (exact) mass is 293 g/mol. The van der Waals surface area contributed by atoms with Crippen LogP contribution in [0.3, 0.4) is 0 Å². The van der Waals surface area contributed by atoms with Gasteiger partial charge < -0.3 is 4.57 Å². The van der Waals surface area contributed by atoms with Crippen LogP contribution >= 0.6 is 12.6 Å². The first-order valence-corrected chi connectivity index (χ1v) is 10.5. The molecule has 0 spiro atoms. The maximum atomic E-state index is 11.9. The van der Waals surface area contributed by atoms with E-state index in [4.69, 9.17) is 0 Å². The average Bonchev–Trinajstić information content (AvgIpc) is 2.28. The van der Waals surface area contributed by atoms with E-state index in [-0.39, 0.29) is 5.12 Å². The van der Waals surface area contributed by atoms with Gasteiger partial charge in [0.05, 0.1) is 5.57 Å². The van der Waals surface area contributed by atoms with E-state index in [1.54, 1.807) is 0 Å². The second-order valence-corrected chi connectivity index (χ2v) is 10.8. The van der Waals surface area contributed by atoms with E-state index < -0.39 is 8.24 Å². The van der Waals surface area contributed by atoms with Crippen molar-refractivity contribution in [3.05, 3.63) is 41.6 Å². The fourth-order valence-corrected chi connectivity index (χ4v) is 4.80. The maximum Gasteiger partial charge on any atom is 0.218 e. The SMILES string of the molecule is CCN(/C(C)=C(\C(=O)S)c1ccccc1)[Si](C)(C)C. The fraction of sp³-hybridized carbons (Fsp3) is 0.400. The van der Waals surface area contributed by atoms with Crippen LogP contribution in [0.1, 0.15) is 19.4 Å². The highest BCUT2D eigenvalue weighted by atomic mass is 32.1. The molecule has 0 N–H and O–H groups in total. The van der Waals surface area contributed by atoms with Crippen LogP contribution in [0.15, 0.2) is 36.0 Å². The number of allylic oxidation sites excluding steroid dienone is 1. The minimum absolute atomic E-state index is 0.166. The van der Waals surface area contributed by atoms with Crippen molar-refractivity contribution in [2.45, 2.75) is 33.5 Å². The standard InChI is InChI=1S/C15H23NOSSi/c1-6-16(19(3,4)5)12(2)14(15(17)18)13-10-8-7-9-11-13/h7-11H,6H2,1-5H3,(H,17,18)/b14-12-. The summed E-state index contributed by atoms with van der Waals surface area (Å²) in [7, 11) is -1.50. The summed E-state index contributed by atoms with van der Waals surface area (Å²) in [4.78, 5) is 11.9. The summed E-state index contributed by atoms with van der Waals surface area (Å²) in [6, 6.07) is 9.78. The Hall–Kier alpha value is -1.00. The fourth-order valence-electron chi connectivity index (χ4n) is 2.44. The minimum Gasteiger partial charge on any atom is -0.401 e. The molecule has 0 aliphatic rings. The number of rotatable bonds is 5. The van der Waals surface area contributed by atoms with Gasteiger partial charge in [0.1, 0.15) is 8.24 Å². The lowest BCUT2D eigenvalue weighted by Gasteiger charge is -2.37. The molecule has 0 fully saturated rings. The lowest BCUT2D eigenvalue weighted by atomic mass is 10.1. The van der Waals surface area contributed by atoms with Crippen LogP contribution in [-0.4, -0.2) is 24.5 Å². The second-order valence-electron chi connectivity index (χ2n) is 5.55. The second kappa shape index (κ2) is 6.44. The first-order valence-electron chi connectivity index (χ1n) is 6.56. The Kier molecular flexibility index (Phi) is 5.44.